The largest absolute Gasteiger partial charge is 0.329 e. The molecule has 1 saturated carbocycles. The van der Waals surface area contributed by atoms with Crippen molar-refractivity contribution in [2.24, 2.45) is 11.1 Å². The van der Waals surface area contributed by atoms with Crippen LogP contribution in [0, 0.1) is 12.3 Å². The molecule has 0 aromatic heterocycles. The van der Waals surface area contributed by atoms with Gasteiger partial charge in [-0.15, -0.1) is 0 Å². The maximum atomic E-state index is 12.8. The predicted molar refractivity (Wildman–Crippen MR) is 91.7 cm³/mol. The fraction of sp³-hybridized carbons (Fsp3) is 0.562. The Balaban J connectivity index is 2.21. The molecule has 3 nitrogen and oxygen atoms in total. The molecule has 1 fully saturated rings. The molecule has 0 radical (unpaired) electrons. The molecular weight excluding hydrogens is 352 g/mol. The van der Waals surface area contributed by atoms with Crippen molar-refractivity contribution in [3.63, 3.8) is 0 Å². The van der Waals surface area contributed by atoms with E-state index in [4.69, 9.17) is 17.3 Å². The van der Waals surface area contributed by atoms with Crippen molar-refractivity contribution in [3.8, 4) is 0 Å². The fourth-order valence-corrected chi connectivity index (χ4v) is 3.65. The van der Waals surface area contributed by atoms with Gasteiger partial charge in [0, 0.05) is 16.0 Å². The first-order valence-corrected chi connectivity index (χ1v) is 8.63. The number of hydrogen-bond acceptors (Lipinski definition) is 2. The van der Waals surface area contributed by atoms with Gasteiger partial charge in [-0.3, -0.25) is 4.79 Å². The molecule has 0 saturated heterocycles. The molecule has 1 aromatic rings. The van der Waals surface area contributed by atoms with Gasteiger partial charge in [0.2, 0.25) is 5.91 Å². The molecule has 0 unspecified atom stereocenters. The zero-order chi connectivity index (χ0) is 15.5. The monoisotopic (exact) mass is 372 g/mol. The number of halogens is 2. The summed E-state index contributed by atoms with van der Waals surface area (Å²) < 4.78 is 0.846. The van der Waals surface area contributed by atoms with E-state index < -0.39 is 5.41 Å². The second kappa shape index (κ2) is 7.12. The Kier molecular flexibility index (Phi) is 5.69. The van der Waals surface area contributed by atoms with Crippen molar-refractivity contribution in [1.29, 1.82) is 0 Å². The minimum atomic E-state index is -0.437. The lowest BCUT2D eigenvalue weighted by atomic mass is 9.79. The molecule has 1 aromatic carbocycles. The number of aryl methyl sites for hydroxylation is 1. The molecular formula is C16H22BrClN2O. The van der Waals surface area contributed by atoms with Gasteiger partial charge >= 0.3 is 0 Å². The highest BCUT2D eigenvalue weighted by Gasteiger charge is 2.37. The summed E-state index contributed by atoms with van der Waals surface area (Å²) in [6.07, 6.45) is 6.25. The Hall–Kier alpha value is -0.580. The first-order chi connectivity index (χ1) is 9.98. The molecule has 0 heterocycles. The molecule has 1 amide bonds. The smallest absolute Gasteiger partial charge is 0.231 e. The Morgan fingerprint density at radius 3 is 2.52 bits per heavy atom. The van der Waals surface area contributed by atoms with Crippen LogP contribution in [0.3, 0.4) is 0 Å². The van der Waals surface area contributed by atoms with Crippen LogP contribution in [-0.4, -0.2) is 12.5 Å². The van der Waals surface area contributed by atoms with E-state index in [0.717, 1.165) is 35.7 Å². The van der Waals surface area contributed by atoms with Crippen LogP contribution in [0.4, 0.5) is 5.69 Å². The number of anilines is 1. The third-order valence-electron chi connectivity index (χ3n) is 4.43. The summed E-state index contributed by atoms with van der Waals surface area (Å²) in [4.78, 5) is 12.8. The van der Waals surface area contributed by atoms with Gasteiger partial charge in [-0.05, 0) is 53.4 Å². The number of benzene rings is 1. The van der Waals surface area contributed by atoms with Crippen LogP contribution in [0.25, 0.3) is 0 Å². The normalized spacial score (nSPS) is 18.1. The van der Waals surface area contributed by atoms with E-state index in [9.17, 15) is 4.79 Å². The number of nitrogens with one attached hydrogen (secondary N) is 1. The van der Waals surface area contributed by atoms with Crippen LogP contribution in [0.5, 0.6) is 0 Å². The lowest BCUT2D eigenvalue weighted by molar-refractivity contribution is -0.125. The van der Waals surface area contributed by atoms with Crippen molar-refractivity contribution < 1.29 is 4.79 Å². The van der Waals surface area contributed by atoms with E-state index in [-0.39, 0.29) is 5.91 Å². The summed E-state index contributed by atoms with van der Waals surface area (Å²) in [7, 11) is 0. The van der Waals surface area contributed by atoms with E-state index >= 15 is 0 Å². The first kappa shape index (κ1) is 16.8. The summed E-state index contributed by atoms with van der Waals surface area (Å²) >= 11 is 9.64. The molecule has 116 valence electrons. The minimum absolute atomic E-state index is 0.0209. The van der Waals surface area contributed by atoms with Crippen LogP contribution in [0.2, 0.25) is 5.02 Å². The van der Waals surface area contributed by atoms with Gasteiger partial charge in [-0.25, -0.2) is 0 Å². The third kappa shape index (κ3) is 3.79. The van der Waals surface area contributed by atoms with Gasteiger partial charge in [0.1, 0.15) is 0 Å². The third-order valence-corrected chi connectivity index (χ3v) is 5.49. The van der Waals surface area contributed by atoms with E-state index in [2.05, 4.69) is 21.2 Å². The zero-order valence-corrected chi connectivity index (χ0v) is 14.7. The first-order valence-electron chi connectivity index (χ1n) is 7.46. The van der Waals surface area contributed by atoms with Crippen LogP contribution in [-0.2, 0) is 4.79 Å². The average Bonchev–Trinajstić information content (AvgIpc) is 2.71. The van der Waals surface area contributed by atoms with Crippen molar-refractivity contribution in [2.45, 2.75) is 45.4 Å². The van der Waals surface area contributed by atoms with Crippen LogP contribution >= 0.6 is 27.5 Å². The molecule has 1 aliphatic rings. The fourth-order valence-electron chi connectivity index (χ4n) is 2.93. The van der Waals surface area contributed by atoms with Gasteiger partial charge in [-0.2, -0.15) is 0 Å². The second-order valence-corrected chi connectivity index (χ2v) is 7.20. The van der Waals surface area contributed by atoms with Gasteiger partial charge in [0.05, 0.1) is 11.1 Å². The second-order valence-electron chi connectivity index (χ2n) is 5.93. The van der Waals surface area contributed by atoms with E-state index in [0.29, 0.717) is 17.3 Å². The molecule has 21 heavy (non-hydrogen) atoms. The van der Waals surface area contributed by atoms with Crippen molar-refractivity contribution in [2.75, 3.05) is 11.9 Å². The number of carbonyl (C=O) groups is 1. The summed E-state index contributed by atoms with van der Waals surface area (Å²) in [5, 5.41) is 3.67. The molecule has 5 heteroatoms. The van der Waals surface area contributed by atoms with Gasteiger partial charge in [0.15, 0.2) is 0 Å². The van der Waals surface area contributed by atoms with Crippen LogP contribution < -0.4 is 11.1 Å². The highest BCUT2D eigenvalue weighted by atomic mass is 79.9. The van der Waals surface area contributed by atoms with Crippen molar-refractivity contribution in [1.82, 2.24) is 0 Å². The van der Waals surface area contributed by atoms with E-state index in [1.807, 2.05) is 13.0 Å². The quantitative estimate of drug-likeness (QED) is 0.758. The number of rotatable bonds is 3. The highest BCUT2D eigenvalue weighted by molar-refractivity contribution is 9.10. The molecule has 0 atom stereocenters. The molecule has 2 rings (SSSR count). The lowest BCUT2D eigenvalue weighted by Gasteiger charge is -2.30. The lowest BCUT2D eigenvalue weighted by Crippen LogP contribution is -2.42. The number of carbonyl (C=O) groups excluding carboxylic acids is 1. The Bertz CT molecular complexity index is 525. The van der Waals surface area contributed by atoms with Crippen molar-refractivity contribution >= 4 is 39.1 Å². The Morgan fingerprint density at radius 1 is 1.33 bits per heavy atom. The van der Waals surface area contributed by atoms with Crippen LogP contribution in [0.1, 0.15) is 44.1 Å². The van der Waals surface area contributed by atoms with Gasteiger partial charge in [0.25, 0.3) is 0 Å². The topological polar surface area (TPSA) is 55.1 Å². The maximum Gasteiger partial charge on any atom is 0.231 e. The predicted octanol–water partition coefficient (Wildman–Crippen LogP) is 4.65. The standard InChI is InChI=1S/C16H22BrClN2O/c1-11-8-12(17)14(9-13(11)18)20-15(21)16(10-19)6-4-2-3-5-7-16/h8-9H,2-7,10,19H2,1H3,(H,20,21). The highest BCUT2D eigenvalue weighted by Crippen LogP contribution is 2.37. The number of amides is 1. The number of nitrogens with two attached hydrogens (primary N) is 1. The van der Waals surface area contributed by atoms with Crippen molar-refractivity contribution in [3.05, 3.63) is 27.2 Å². The van der Waals surface area contributed by atoms with E-state index in [1.54, 1.807) is 6.07 Å². The molecule has 0 spiro atoms. The van der Waals surface area contributed by atoms with E-state index in [1.165, 1.54) is 12.8 Å². The molecule has 1 aliphatic carbocycles. The average molecular weight is 374 g/mol. The summed E-state index contributed by atoms with van der Waals surface area (Å²) in [5.74, 6) is 0.0209. The summed E-state index contributed by atoms with van der Waals surface area (Å²) in [5.41, 5.74) is 7.21. The summed E-state index contributed by atoms with van der Waals surface area (Å²) in [6, 6.07) is 3.71. The van der Waals surface area contributed by atoms with Crippen LogP contribution in [0.15, 0.2) is 16.6 Å². The molecule has 3 N–H and O–H groups in total. The zero-order valence-electron chi connectivity index (χ0n) is 12.3. The maximum absolute atomic E-state index is 12.8. The summed E-state index contributed by atoms with van der Waals surface area (Å²) in [6.45, 7) is 2.33. The molecule has 0 bridgehead atoms. The minimum Gasteiger partial charge on any atom is -0.329 e. The Morgan fingerprint density at radius 2 is 1.95 bits per heavy atom. The SMILES string of the molecule is Cc1cc(Br)c(NC(=O)C2(CN)CCCCCC2)cc1Cl. The number of hydrogen-bond donors (Lipinski definition) is 2. The van der Waals surface area contributed by atoms with Gasteiger partial charge < -0.3 is 11.1 Å². The Labute approximate surface area is 139 Å². The van der Waals surface area contributed by atoms with Gasteiger partial charge in [-0.1, -0.05) is 37.3 Å². The molecule has 0 aliphatic heterocycles.